The lowest BCUT2D eigenvalue weighted by atomic mass is 10.1. The number of hydrogen-bond donors (Lipinski definition) is 0. The van der Waals surface area contributed by atoms with E-state index in [9.17, 15) is 10.1 Å². The fourth-order valence-corrected chi connectivity index (χ4v) is 1.91. The summed E-state index contributed by atoms with van der Waals surface area (Å²) in [6, 6.07) is 3.12. The average molecular weight is 273 g/mol. The average Bonchev–Trinajstić information content (AvgIpc) is 2.31. The van der Waals surface area contributed by atoms with Crippen LogP contribution in [0.25, 0.3) is 0 Å². The van der Waals surface area contributed by atoms with Crippen LogP contribution in [0.15, 0.2) is 12.1 Å². The molecule has 0 aliphatic carbocycles. The Morgan fingerprint density at radius 3 is 2.72 bits per heavy atom. The second-order valence-corrected chi connectivity index (χ2v) is 4.37. The van der Waals surface area contributed by atoms with Gasteiger partial charge < -0.3 is 9.64 Å². The largest absolute Gasteiger partial charge is 0.380 e. The second kappa shape index (κ2) is 6.56. The first-order valence-electron chi connectivity index (χ1n) is 5.70. The van der Waals surface area contributed by atoms with Crippen molar-refractivity contribution in [2.45, 2.75) is 13.8 Å². The molecule has 0 N–H and O–H groups in total. The van der Waals surface area contributed by atoms with E-state index in [2.05, 4.69) is 0 Å². The first-order valence-corrected chi connectivity index (χ1v) is 6.08. The lowest BCUT2D eigenvalue weighted by Crippen LogP contribution is -2.23. The summed E-state index contributed by atoms with van der Waals surface area (Å²) in [6.07, 6.45) is 0. The van der Waals surface area contributed by atoms with Gasteiger partial charge in [-0.3, -0.25) is 10.1 Å². The molecule has 0 saturated carbocycles. The van der Waals surface area contributed by atoms with Crippen LogP contribution >= 0.6 is 11.6 Å². The Bertz CT molecular complexity index is 438. The summed E-state index contributed by atoms with van der Waals surface area (Å²) in [5.74, 6) is 0. The van der Waals surface area contributed by atoms with Gasteiger partial charge in [-0.15, -0.1) is 0 Å². The normalized spacial score (nSPS) is 10.4. The van der Waals surface area contributed by atoms with E-state index < -0.39 is 4.92 Å². The smallest absolute Gasteiger partial charge is 0.273 e. The zero-order valence-corrected chi connectivity index (χ0v) is 11.5. The molecular formula is C12H17ClN2O3. The SMILES string of the molecule is CCOCCN(C)c1cc(C)c([N+](=O)[O-])cc1Cl. The third-order valence-corrected chi connectivity index (χ3v) is 2.95. The Labute approximate surface area is 111 Å². The van der Waals surface area contributed by atoms with Gasteiger partial charge in [0.2, 0.25) is 0 Å². The van der Waals surface area contributed by atoms with E-state index in [1.807, 2.05) is 18.9 Å². The number of rotatable bonds is 6. The van der Waals surface area contributed by atoms with E-state index in [0.717, 1.165) is 5.69 Å². The van der Waals surface area contributed by atoms with Gasteiger partial charge in [0.15, 0.2) is 0 Å². The van der Waals surface area contributed by atoms with Crippen LogP contribution in [0, 0.1) is 17.0 Å². The van der Waals surface area contributed by atoms with Gasteiger partial charge in [-0.1, -0.05) is 11.6 Å². The summed E-state index contributed by atoms with van der Waals surface area (Å²) in [4.78, 5) is 12.3. The number of nitrogens with zero attached hydrogens (tertiary/aromatic N) is 2. The molecule has 1 aromatic rings. The summed E-state index contributed by atoms with van der Waals surface area (Å²) in [5, 5.41) is 11.2. The van der Waals surface area contributed by atoms with Gasteiger partial charge in [0.1, 0.15) is 0 Å². The van der Waals surface area contributed by atoms with Crippen LogP contribution in [0.2, 0.25) is 5.02 Å². The fourth-order valence-electron chi connectivity index (χ4n) is 1.61. The number of hydrogen-bond acceptors (Lipinski definition) is 4. The Balaban J connectivity index is 2.90. The van der Waals surface area contributed by atoms with Crippen molar-refractivity contribution >= 4 is 23.0 Å². The molecule has 0 fully saturated rings. The molecular weight excluding hydrogens is 256 g/mol. The molecule has 0 aliphatic rings. The van der Waals surface area contributed by atoms with E-state index >= 15 is 0 Å². The Hall–Kier alpha value is -1.33. The molecule has 0 unspecified atom stereocenters. The zero-order chi connectivity index (χ0) is 13.7. The molecule has 0 aromatic heterocycles. The minimum absolute atomic E-state index is 0.0435. The second-order valence-electron chi connectivity index (χ2n) is 3.97. The highest BCUT2D eigenvalue weighted by Gasteiger charge is 2.16. The lowest BCUT2D eigenvalue weighted by molar-refractivity contribution is -0.385. The van der Waals surface area contributed by atoms with Crippen molar-refractivity contribution in [2.75, 3.05) is 31.7 Å². The summed E-state index contributed by atoms with van der Waals surface area (Å²) in [6.45, 7) is 5.59. The minimum atomic E-state index is -0.425. The van der Waals surface area contributed by atoms with E-state index in [1.165, 1.54) is 6.07 Å². The number of halogens is 1. The van der Waals surface area contributed by atoms with E-state index in [-0.39, 0.29) is 5.69 Å². The van der Waals surface area contributed by atoms with E-state index in [0.29, 0.717) is 30.3 Å². The zero-order valence-electron chi connectivity index (χ0n) is 10.8. The van der Waals surface area contributed by atoms with Crippen molar-refractivity contribution in [3.63, 3.8) is 0 Å². The van der Waals surface area contributed by atoms with Crippen molar-refractivity contribution in [3.8, 4) is 0 Å². The summed E-state index contributed by atoms with van der Waals surface area (Å²) >= 11 is 6.07. The summed E-state index contributed by atoms with van der Waals surface area (Å²) in [5.41, 5.74) is 1.42. The summed E-state index contributed by atoms with van der Waals surface area (Å²) in [7, 11) is 1.88. The lowest BCUT2D eigenvalue weighted by Gasteiger charge is -2.20. The van der Waals surface area contributed by atoms with Crippen molar-refractivity contribution in [2.24, 2.45) is 0 Å². The fraction of sp³-hybridized carbons (Fsp3) is 0.500. The van der Waals surface area contributed by atoms with Gasteiger partial charge in [0.25, 0.3) is 5.69 Å². The van der Waals surface area contributed by atoms with Crippen LogP contribution in [0.5, 0.6) is 0 Å². The first kappa shape index (κ1) is 14.7. The molecule has 0 heterocycles. The van der Waals surface area contributed by atoms with E-state index in [1.54, 1.807) is 13.0 Å². The predicted octanol–water partition coefficient (Wildman–Crippen LogP) is 3.03. The molecule has 0 saturated heterocycles. The summed E-state index contributed by atoms with van der Waals surface area (Å²) < 4.78 is 5.26. The molecule has 0 bridgehead atoms. The molecule has 0 amide bonds. The molecule has 5 nitrogen and oxygen atoms in total. The predicted molar refractivity (Wildman–Crippen MR) is 72.6 cm³/mol. The quantitative estimate of drug-likeness (QED) is 0.454. The number of ether oxygens (including phenoxy) is 1. The van der Waals surface area contributed by atoms with Crippen LogP contribution < -0.4 is 4.90 Å². The third-order valence-electron chi connectivity index (χ3n) is 2.65. The number of nitro benzene ring substituents is 1. The van der Waals surface area contributed by atoms with Crippen LogP contribution in [0.3, 0.4) is 0 Å². The molecule has 0 spiro atoms. The number of benzene rings is 1. The van der Waals surface area contributed by atoms with Crippen molar-refractivity contribution < 1.29 is 9.66 Å². The number of anilines is 1. The standard InChI is InChI=1S/C12H17ClN2O3/c1-4-18-6-5-14(3)12-7-9(2)11(15(16)17)8-10(12)13/h7-8H,4-6H2,1-3H3. The van der Waals surface area contributed by atoms with Gasteiger partial charge >= 0.3 is 0 Å². The highest BCUT2D eigenvalue weighted by molar-refractivity contribution is 6.33. The van der Waals surface area contributed by atoms with Gasteiger partial charge in [0, 0.05) is 31.8 Å². The monoisotopic (exact) mass is 272 g/mol. The molecule has 0 radical (unpaired) electrons. The molecule has 1 aromatic carbocycles. The number of nitro groups is 1. The highest BCUT2D eigenvalue weighted by atomic mass is 35.5. The van der Waals surface area contributed by atoms with Crippen LogP contribution in [-0.2, 0) is 4.74 Å². The van der Waals surface area contributed by atoms with Gasteiger partial charge in [-0.25, -0.2) is 0 Å². The third kappa shape index (κ3) is 3.58. The molecule has 0 atom stereocenters. The number of likely N-dealkylation sites (N-methyl/N-ethyl adjacent to an activating group) is 1. The van der Waals surface area contributed by atoms with Crippen molar-refractivity contribution in [1.29, 1.82) is 0 Å². The minimum Gasteiger partial charge on any atom is -0.380 e. The Morgan fingerprint density at radius 1 is 1.50 bits per heavy atom. The number of aryl methyl sites for hydroxylation is 1. The molecule has 18 heavy (non-hydrogen) atoms. The van der Waals surface area contributed by atoms with Gasteiger partial charge in [-0.05, 0) is 19.9 Å². The maximum Gasteiger partial charge on any atom is 0.273 e. The topological polar surface area (TPSA) is 55.6 Å². The van der Waals surface area contributed by atoms with Crippen LogP contribution in [0.4, 0.5) is 11.4 Å². The van der Waals surface area contributed by atoms with Gasteiger partial charge in [0.05, 0.1) is 22.2 Å². The Kier molecular flexibility index (Phi) is 5.37. The van der Waals surface area contributed by atoms with Crippen LogP contribution in [0.1, 0.15) is 12.5 Å². The maximum absolute atomic E-state index is 10.8. The van der Waals surface area contributed by atoms with Crippen molar-refractivity contribution in [1.82, 2.24) is 0 Å². The molecule has 6 heteroatoms. The molecule has 100 valence electrons. The molecule has 0 aliphatic heterocycles. The maximum atomic E-state index is 10.8. The van der Waals surface area contributed by atoms with Crippen molar-refractivity contribution in [3.05, 3.63) is 32.8 Å². The van der Waals surface area contributed by atoms with Crippen LogP contribution in [-0.4, -0.2) is 31.7 Å². The van der Waals surface area contributed by atoms with E-state index in [4.69, 9.17) is 16.3 Å². The van der Waals surface area contributed by atoms with Gasteiger partial charge in [-0.2, -0.15) is 0 Å². The first-order chi connectivity index (χ1) is 8.47. The Morgan fingerprint density at radius 2 is 2.17 bits per heavy atom. The highest BCUT2D eigenvalue weighted by Crippen LogP contribution is 2.32. The molecule has 1 rings (SSSR count).